The summed E-state index contributed by atoms with van der Waals surface area (Å²) in [6.45, 7) is 10.5. The van der Waals surface area contributed by atoms with Crippen LogP contribution < -0.4 is 5.19 Å². The standard InChI is InChI=1S/C14H23NO2Si/c1-12-6-8-13(9-7-12)18(16-5)15(10-11-17-18)14(2,3)4/h6-9H,10-11H2,1-5H3. The van der Waals surface area contributed by atoms with Gasteiger partial charge in [0, 0.05) is 31.0 Å². The zero-order valence-corrected chi connectivity index (χ0v) is 13.0. The van der Waals surface area contributed by atoms with Gasteiger partial charge in [-0.1, -0.05) is 29.8 Å². The normalized spacial score (nSPS) is 25.6. The molecule has 0 aliphatic carbocycles. The Hall–Kier alpha value is -0.683. The van der Waals surface area contributed by atoms with Crippen molar-refractivity contribution in [2.75, 3.05) is 20.3 Å². The van der Waals surface area contributed by atoms with E-state index >= 15 is 0 Å². The maximum absolute atomic E-state index is 6.10. The topological polar surface area (TPSA) is 21.7 Å². The minimum atomic E-state index is -2.44. The molecule has 0 amide bonds. The summed E-state index contributed by atoms with van der Waals surface area (Å²) in [6, 6.07) is 8.56. The molecule has 0 saturated carbocycles. The van der Waals surface area contributed by atoms with Crippen LogP contribution in [0, 0.1) is 6.92 Å². The molecule has 1 aliphatic rings. The quantitative estimate of drug-likeness (QED) is 0.763. The Bertz CT molecular complexity index is 413. The first-order valence-corrected chi connectivity index (χ1v) is 8.20. The van der Waals surface area contributed by atoms with E-state index in [1.807, 2.05) is 0 Å². The van der Waals surface area contributed by atoms with E-state index in [4.69, 9.17) is 8.85 Å². The minimum Gasteiger partial charge on any atom is -0.383 e. The number of rotatable bonds is 2. The van der Waals surface area contributed by atoms with E-state index in [2.05, 4.69) is 56.5 Å². The van der Waals surface area contributed by atoms with Crippen LogP contribution in [-0.4, -0.2) is 39.1 Å². The summed E-state index contributed by atoms with van der Waals surface area (Å²) in [5, 5.41) is 1.20. The number of hydrogen-bond acceptors (Lipinski definition) is 3. The van der Waals surface area contributed by atoms with Gasteiger partial charge in [0.25, 0.3) is 0 Å². The van der Waals surface area contributed by atoms with Crippen molar-refractivity contribution in [3.63, 3.8) is 0 Å². The molecule has 1 saturated heterocycles. The first-order valence-electron chi connectivity index (χ1n) is 6.44. The highest BCUT2D eigenvalue weighted by Crippen LogP contribution is 2.28. The fourth-order valence-corrected chi connectivity index (χ4v) is 6.00. The van der Waals surface area contributed by atoms with Gasteiger partial charge in [-0.15, -0.1) is 0 Å². The zero-order chi connectivity index (χ0) is 13.4. The van der Waals surface area contributed by atoms with Crippen molar-refractivity contribution < 1.29 is 8.85 Å². The van der Waals surface area contributed by atoms with Gasteiger partial charge >= 0.3 is 8.72 Å². The van der Waals surface area contributed by atoms with Gasteiger partial charge in [-0.05, 0) is 27.7 Å². The molecule has 0 spiro atoms. The van der Waals surface area contributed by atoms with E-state index in [0.717, 1.165) is 13.2 Å². The maximum atomic E-state index is 6.10. The van der Waals surface area contributed by atoms with Gasteiger partial charge in [-0.25, -0.2) is 0 Å². The second kappa shape index (κ2) is 4.77. The summed E-state index contributed by atoms with van der Waals surface area (Å²) < 4.78 is 14.4. The van der Waals surface area contributed by atoms with Crippen LogP contribution >= 0.6 is 0 Å². The van der Waals surface area contributed by atoms with Crippen molar-refractivity contribution in [1.29, 1.82) is 0 Å². The molecule has 1 fully saturated rings. The third-order valence-electron chi connectivity index (χ3n) is 3.47. The van der Waals surface area contributed by atoms with Crippen molar-refractivity contribution >= 4 is 13.9 Å². The third-order valence-corrected chi connectivity index (χ3v) is 7.29. The van der Waals surface area contributed by atoms with Crippen molar-refractivity contribution in [3.05, 3.63) is 29.8 Å². The molecule has 2 rings (SSSR count). The average molecular weight is 265 g/mol. The minimum absolute atomic E-state index is 0.0591. The Balaban J connectivity index is 2.44. The molecule has 1 atom stereocenters. The van der Waals surface area contributed by atoms with Gasteiger partial charge in [-0.3, -0.25) is 4.57 Å². The molecule has 1 aromatic carbocycles. The van der Waals surface area contributed by atoms with Crippen LogP contribution in [-0.2, 0) is 8.85 Å². The van der Waals surface area contributed by atoms with E-state index in [9.17, 15) is 0 Å². The van der Waals surface area contributed by atoms with Crippen LogP contribution in [0.3, 0.4) is 0 Å². The lowest BCUT2D eigenvalue weighted by Gasteiger charge is -2.40. The van der Waals surface area contributed by atoms with Gasteiger partial charge in [0.15, 0.2) is 0 Å². The number of benzene rings is 1. The number of nitrogens with zero attached hydrogens (tertiary/aromatic N) is 1. The van der Waals surface area contributed by atoms with Crippen LogP contribution in [0.1, 0.15) is 26.3 Å². The molecule has 100 valence electrons. The molecule has 0 bridgehead atoms. The van der Waals surface area contributed by atoms with Crippen LogP contribution in [0.4, 0.5) is 0 Å². The fraction of sp³-hybridized carbons (Fsp3) is 0.571. The Morgan fingerprint density at radius 2 is 1.83 bits per heavy atom. The summed E-state index contributed by atoms with van der Waals surface area (Å²) in [5.41, 5.74) is 1.32. The van der Waals surface area contributed by atoms with Crippen LogP contribution in [0.15, 0.2) is 24.3 Å². The Morgan fingerprint density at radius 3 is 2.33 bits per heavy atom. The third kappa shape index (κ3) is 2.25. The molecule has 1 unspecified atom stereocenters. The summed E-state index contributed by atoms with van der Waals surface area (Å²) in [6.07, 6.45) is 0. The molecular formula is C14H23NO2Si. The van der Waals surface area contributed by atoms with Crippen molar-refractivity contribution in [3.8, 4) is 0 Å². The Kier molecular flexibility index (Phi) is 3.64. The largest absolute Gasteiger partial charge is 0.463 e. The molecular weight excluding hydrogens is 242 g/mol. The molecule has 3 nitrogen and oxygen atoms in total. The van der Waals surface area contributed by atoms with E-state index in [1.165, 1.54) is 10.8 Å². The first kappa shape index (κ1) is 13.7. The Morgan fingerprint density at radius 1 is 1.22 bits per heavy atom. The highest BCUT2D eigenvalue weighted by atomic mass is 28.4. The van der Waals surface area contributed by atoms with E-state index in [0.29, 0.717) is 0 Å². The monoisotopic (exact) mass is 265 g/mol. The summed E-state index contributed by atoms with van der Waals surface area (Å²) in [5.74, 6) is 0. The zero-order valence-electron chi connectivity index (χ0n) is 12.0. The number of hydrogen-bond donors (Lipinski definition) is 0. The second-order valence-electron chi connectivity index (χ2n) is 5.82. The van der Waals surface area contributed by atoms with E-state index < -0.39 is 8.72 Å². The second-order valence-corrected chi connectivity index (χ2v) is 8.80. The highest BCUT2D eigenvalue weighted by Gasteiger charge is 2.54. The first-order chi connectivity index (χ1) is 8.40. The average Bonchev–Trinajstić information content (AvgIpc) is 2.74. The van der Waals surface area contributed by atoms with Crippen LogP contribution in [0.5, 0.6) is 0 Å². The van der Waals surface area contributed by atoms with E-state index in [1.54, 1.807) is 7.11 Å². The van der Waals surface area contributed by atoms with Crippen molar-refractivity contribution in [2.45, 2.75) is 33.2 Å². The van der Waals surface area contributed by atoms with Gasteiger partial charge < -0.3 is 8.85 Å². The number of aryl methyl sites for hydroxylation is 1. The lowest BCUT2D eigenvalue weighted by Crippen LogP contribution is -2.67. The molecule has 1 heterocycles. The molecule has 1 aromatic rings. The SMILES string of the molecule is CO[Si]1(c2ccc(C)cc2)OCCN1C(C)(C)C. The summed E-state index contributed by atoms with van der Waals surface area (Å²) >= 11 is 0. The molecule has 0 radical (unpaired) electrons. The highest BCUT2D eigenvalue weighted by molar-refractivity contribution is 6.79. The fourth-order valence-electron chi connectivity index (χ4n) is 2.57. The van der Waals surface area contributed by atoms with Crippen LogP contribution in [0.25, 0.3) is 0 Å². The molecule has 1 aliphatic heterocycles. The van der Waals surface area contributed by atoms with Gasteiger partial charge in [0.1, 0.15) is 0 Å². The van der Waals surface area contributed by atoms with Gasteiger partial charge in [-0.2, -0.15) is 0 Å². The molecule has 0 aromatic heterocycles. The Labute approximate surface area is 111 Å². The van der Waals surface area contributed by atoms with Crippen molar-refractivity contribution in [2.24, 2.45) is 0 Å². The summed E-state index contributed by atoms with van der Waals surface area (Å²) in [4.78, 5) is 0. The maximum Gasteiger partial charge on any atom is 0.463 e. The van der Waals surface area contributed by atoms with Gasteiger partial charge in [0.2, 0.25) is 0 Å². The molecule has 4 heteroatoms. The predicted octanol–water partition coefficient (Wildman–Crippen LogP) is 1.92. The van der Waals surface area contributed by atoms with Gasteiger partial charge in [0.05, 0.1) is 0 Å². The smallest absolute Gasteiger partial charge is 0.383 e. The molecule has 0 N–H and O–H groups in total. The predicted molar refractivity (Wildman–Crippen MR) is 76.0 cm³/mol. The lowest BCUT2D eigenvalue weighted by atomic mass is 10.1. The van der Waals surface area contributed by atoms with E-state index in [-0.39, 0.29) is 5.54 Å². The van der Waals surface area contributed by atoms with Crippen LogP contribution in [0.2, 0.25) is 0 Å². The van der Waals surface area contributed by atoms with Crippen molar-refractivity contribution in [1.82, 2.24) is 4.57 Å². The molecule has 18 heavy (non-hydrogen) atoms. The lowest BCUT2D eigenvalue weighted by molar-refractivity contribution is 0.184. The summed E-state index contributed by atoms with van der Waals surface area (Å²) in [7, 11) is -0.663.